The molecule has 0 bridgehead atoms. The zero-order valence-electron chi connectivity index (χ0n) is 15.5. The Balaban J connectivity index is 1.93. The molecule has 1 aliphatic rings. The van der Waals surface area contributed by atoms with Crippen LogP contribution in [0.25, 0.3) is 10.9 Å². The molecule has 2 heterocycles. The molecule has 26 heavy (non-hydrogen) atoms. The number of ether oxygens (including phenoxy) is 2. The lowest BCUT2D eigenvalue weighted by Crippen LogP contribution is -2.42. The number of hydrogen-bond acceptors (Lipinski definition) is 6. The standard InChI is InChI=1S/C18H24N4O4/c1-21(2)18(24)13-6-5-7-22(13)10-16-19-12-9-15(26-4)14(25-3)8-11(12)17(23)20-16/h8-9,13H,5-7,10H2,1-4H3,(H,19,20,23)/t13-/m0/s1. The molecule has 0 radical (unpaired) electrons. The number of carbonyl (C=O) groups excluding carboxylic acids is 1. The van der Waals surface area contributed by atoms with Crippen LogP contribution >= 0.6 is 0 Å². The van der Waals surface area contributed by atoms with Crippen LogP contribution in [-0.2, 0) is 11.3 Å². The van der Waals surface area contributed by atoms with Gasteiger partial charge < -0.3 is 19.4 Å². The van der Waals surface area contributed by atoms with Gasteiger partial charge in [0, 0.05) is 20.2 Å². The lowest BCUT2D eigenvalue weighted by Gasteiger charge is -2.25. The van der Waals surface area contributed by atoms with Gasteiger partial charge in [0.2, 0.25) is 5.91 Å². The predicted octanol–water partition coefficient (Wildman–Crippen LogP) is 0.993. The highest BCUT2D eigenvalue weighted by molar-refractivity contribution is 5.82. The van der Waals surface area contributed by atoms with Crippen molar-refractivity contribution in [2.24, 2.45) is 0 Å². The van der Waals surface area contributed by atoms with E-state index in [1.807, 2.05) is 0 Å². The first-order chi connectivity index (χ1) is 12.4. The zero-order chi connectivity index (χ0) is 18.8. The number of nitrogens with zero attached hydrogens (tertiary/aromatic N) is 3. The summed E-state index contributed by atoms with van der Waals surface area (Å²) >= 11 is 0. The fourth-order valence-corrected chi connectivity index (χ4v) is 3.37. The molecule has 8 nitrogen and oxygen atoms in total. The van der Waals surface area contributed by atoms with Gasteiger partial charge in [0.25, 0.3) is 5.56 Å². The van der Waals surface area contributed by atoms with Crippen LogP contribution < -0.4 is 15.0 Å². The molecular weight excluding hydrogens is 336 g/mol. The fourth-order valence-electron chi connectivity index (χ4n) is 3.37. The van der Waals surface area contributed by atoms with Gasteiger partial charge in [0.1, 0.15) is 5.82 Å². The molecule has 1 aromatic heterocycles. The second kappa shape index (κ2) is 7.33. The Kier molecular flexibility index (Phi) is 5.13. The third-order valence-corrected chi connectivity index (χ3v) is 4.70. The molecule has 140 valence electrons. The minimum absolute atomic E-state index is 0.0806. The topological polar surface area (TPSA) is 87.8 Å². The van der Waals surface area contributed by atoms with Crippen molar-refractivity contribution >= 4 is 16.8 Å². The molecule has 0 unspecified atom stereocenters. The number of likely N-dealkylation sites (tertiary alicyclic amines) is 1. The fraction of sp³-hybridized carbons (Fsp3) is 0.500. The predicted molar refractivity (Wildman–Crippen MR) is 97.6 cm³/mol. The number of aromatic amines is 1. The van der Waals surface area contributed by atoms with Crippen molar-refractivity contribution in [1.29, 1.82) is 0 Å². The molecule has 8 heteroatoms. The smallest absolute Gasteiger partial charge is 0.258 e. The van der Waals surface area contributed by atoms with E-state index < -0.39 is 0 Å². The number of amides is 1. The largest absolute Gasteiger partial charge is 0.493 e. The molecule has 1 aliphatic heterocycles. The third kappa shape index (κ3) is 3.37. The quantitative estimate of drug-likeness (QED) is 0.856. The van der Waals surface area contributed by atoms with Gasteiger partial charge in [-0.15, -0.1) is 0 Å². The number of carbonyl (C=O) groups is 1. The monoisotopic (exact) mass is 360 g/mol. The summed E-state index contributed by atoms with van der Waals surface area (Å²) in [5, 5.41) is 0.439. The molecule has 1 saturated heterocycles. The van der Waals surface area contributed by atoms with E-state index >= 15 is 0 Å². The van der Waals surface area contributed by atoms with E-state index in [1.54, 1.807) is 38.2 Å². The first-order valence-corrected chi connectivity index (χ1v) is 8.54. The van der Waals surface area contributed by atoms with E-state index in [0.717, 1.165) is 19.4 Å². The second-order valence-corrected chi connectivity index (χ2v) is 6.60. The Labute approximate surface area is 151 Å². The maximum atomic E-state index is 12.5. The van der Waals surface area contributed by atoms with E-state index in [2.05, 4.69) is 14.9 Å². The summed E-state index contributed by atoms with van der Waals surface area (Å²) < 4.78 is 10.5. The molecule has 1 amide bonds. The molecule has 1 fully saturated rings. The number of fused-ring (bicyclic) bond motifs is 1. The number of likely N-dealkylation sites (N-methyl/N-ethyl adjacent to an activating group) is 1. The minimum atomic E-state index is -0.236. The number of rotatable bonds is 5. The summed E-state index contributed by atoms with van der Waals surface area (Å²) in [4.78, 5) is 35.9. The van der Waals surface area contributed by atoms with Crippen molar-refractivity contribution in [1.82, 2.24) is 19.8 Å². The van der Waals surface area contributed by atoms with Crippen LogP contribution in [0.3, 0.4) is 0 Å². The maximum Gasteiger partial charge on any atom is 0.258 e. The van der Waals surface area contributed by atoms with Crippen LogP contribution in [0.2, 0.25) is 0 Å². The van der Waals surface area contributed by atoms with Crippen LogP contribution in [-0.4, -0.2) is 66.6 Å². The molecule has 0 aliphatic carbocycles. The van der Waals surface area contributed by atoms with Gasteiger partial charge in [0.15, 0.2) is 11.5 Å². The Morgan fingerprint density at radius 2 is 2.00 bits per heavy atom. The third-order valence-electron chi connectivity index (χ3n) is 4.70. The van der Waals surface area contributed by atoms with Crippen molar-refractivity contribution in [3.8, 4) is 11.5 Å². The van der Waals surface area contributed by atoms with Crippen LogP contribution in [0.4, 0.5) is 0 Å². The molecule has 0 saturated carbocycles. The number of hydrogen-bond donors (Lipinski definition) is 1. The lowest BCUT2D eigenvalue weighted by molar-refractivity contribution is -0.133. The first kappa shape index (κ1) is 18.2. The average molecular weight is 360 g/mol. The molecule has 0 spiro atoms. The van der Waals surface area contributed by atoms with E-state index in [4.69, 9.17) is 9.47 Å². The van der Waals surface area contributed by atoms with Crippen molar-refractivity contribution < 1.29 is 14.3 Å². The molecular formula is C18H24N4O4. The summed E-state index contributed by atoms with van der Waals surface area (Å²) in [5.41, 5.74) is 0.303. The van der Waals surface area contributed by atoms with E-state index in [-0.39, 0.29) is 17.5 Å². The highest BCUT2D eigenvalue weighted by Gasteiger charge is 2.32. The SMILES string of the molecule is COc1cc2nc(CN3CCC[C@H]3C(=O)N(C)C)[nH]c(=O)c2cc1OC. The highest BCUT2D eigenvalue weighted by Crippen LogP contribution is 2.30. The summed E-state index contributed by atoms with van der Waals surface area (Å²) in [6.07, 6.45) is 1.77. The van der Waals surface area contributed by atoms with E-state index in [9.17, 15) is 9.59 Å². The van der Waals surface area contributed by atoms with Gasteiger partial charge in [-0.1, -0.05) is 0 Å². The highest BCUT2D eigenvalue weighted by atomic mass is 16.5. The summed E-state index contributed by atoms with van der Waals surface area (Å²) in [6.45, 7) is 1.22. The number of H-pyrrole nitrogens is 1. The Morgan fingerprint density at radius 1 is 1.31 bits per heavy atom. The van der Waals surface area contributed by atoms with Crippen molar-refractivity contribution in [3.63, 3.8) is 0 Å². The van der Waals surface area contributed by atoms with Gasteiger partial charge in [-0.25, -0.2) is 4.98 Å². The van der Waals surface area contributed by atoms with Gasteiger partial charge in [-0.05, 0) is 25.5 Å². The summed E-state index contributed by atoms with van der Waals surface area (Å²) in [5.74, 6) is 1.62. The van der Waals surface area contributed by atoms with Crippen LogP contribution in [0.5, 0.6) is 11.5 Å². The minimum Gasteiger partial charge on any atom is -0.493 e. The molecule has 1 N–H and O–H groups in total. The Hall–Kier alpha value is -2.61. The molecule has 1 aromatic carbocycles. The van der Waals surface area contributed by atoms with Crippen molar-refractivity contribution in [2.45, 2.75) is 25.4 Å². The molecule has 3 rings (SSSR count). The second-order valence-electron chi connectivity index (χ2n) is 6.60. The van der Waals surface area contributed by atoms with Gasteiger partial charge in [0.05, 0.1) is 37.7 Å². The van der Waals surface area contributed by atoms with Crippen LogP contribution in [0.15, 0.2) is 16.9 Å². The number of benzene rings is 1. The van der Waals surface area contributed by atoms with Crippen molar-refractivity contribution in [2.75, 3.05) is 34.9 Å². The van der Waals surface area contributed by atoms with Crippen LogP contribution in [0.1, 0.15) is 18.7 Å². The number of nitrogens with one attached hydrogen (secondary N) is 1. The van der Waals surface area contributed by atoms with E-state index in [0.29, 0.717) is 34.8 Å². The van der Waals surface area contributed by atoms with Crippen LogP contribution in [0, 0.1) is 0 Å². The Bertz CT molecular complexity index is 877. The number of aromatic nitrogens is 2. The van der Waals surface area contributed by atoms with Gasteiger partial charge in [-0.3, -0.25) is 14.5 Å². The molecule has 1 atom stereocenters. The first-order valence-electron chi connectivity index (χ1n) is 8.54. The van der Waals surface area contributed by atoms with E-state index in [1.165, 1.54) is 7.11 Å². The summed E-state index contributed by atoms with van der Waals surface area (Å²) in [6, 6.07) is 3.15. The van der Waals surface area contributed by atoms with Crippen molar-refractivity contribution in [3.05, 3.63) is 28.3 Å². The number of methoxy groups -OCH3 is 2. The van der Waals surface area contributed by atoms with Gasteiger partial charge >= 0.3 is 0 Å². The maximum absolute atomic E-state index is 12.5. The molecule has 2 aromatic rings. The Morgan fingerprint density at radius 3 is 2.65 bits per heavy atom. The lowest BCUT2D eigenvalue weighted by atomic mass is 10.2. The zero-order valence-corrected chi connectivity index (χ0v) is 15.5. The van der Waals surface area contributed by atoms with Gasteiger partial charge in [-0.2, -0.15) is 0 Å². The normalized spacial score (nSPS) is 17.5. The summed E-state index contributed by atoms with van der Waals surface area (Å²) in [7, 11) is 6.58. The average Bonchev–Trinajstić information content (AvgIpc) is 3.07.